The van der Waals surface area contributed by atoms with E-state index >= 15 is 0 Å². The van der Waals surface area contributed by atoms with Crippen LogP contribution >= 0.6 is 11.6 Å². The highest BCUT2D eigenvalue weighted by atomic mass is 35.5. The molecule has 1 aliphatic rings. The number of aromatic nitrogens is 2. The van der Waals surface area contributed by atoms with E-state index in [9.17, 15) is 0 Å². The molecule has 134 valence electrons. The van der Waals surface area contributed by atoms with Crippen LogP contribution in [0.1, 0.15) is 31.2 Å². The van der Waals surface area contributed by atoms with Crippen molar-refractivity contribution in [3.63, 3.8) is 0 Å². The molecule has 5 heteroatoms. The molecule has 0 spiro atoms. The lowest BCUT2D eigenvalue weighted by atomic mass is 10.1. The van der Waals surface area contributed by atoms with Gasteiger partial charge < -0.3 is 10.1 Å². The third-order valence-electron chi connectivity index (χ3n) is 4.83. The second kappa shape index (κ2) is 7.92. The van der Waals surface area contributed by atoms with Gasteiger partial charge in [0.15, 0.2) is 0 Å². The number of nitrogens with one attached hydrogen (secondary N) is 1. The van der Waals surface area contributed by atoms with Crippen molar-refractivity contribution in [1.29, 1.82) is 0 Å². The summed E-state index contributed by atoms with van der Waals surface area (Å²) in [7, 11) is 0. The lowest BCUT2D eigenvalue weighted by molar-refractivity contribution is 0.210. The summed E-state index contributed by atoms with van der Waals surface area (Å²) < 4.78 is 6.02. The van der Waals surface area contributed by atoms with Crippen LogP contribution in [0.3, 0.4) is 0 Å². The van der Waals surface area contributed by atoms with Crippen LogP contribution in [0.2, 0.25) is 5.02 Å². The fourth-order valence-corrected chi connectivity index (χ4v) is 3.60. The molecule has 0 radical (unpaired) electrons. The third kappa shape index (κ3) is 4.07. The predicted octanol–water partition coefficient (Wildman–Crippen LogP) is 5.26. The monoisotopic (exact) mass is 367 g/mol. The molecule has 0 amide bonds. The van der Waals surface area contributed by atoms with Crippen LogP contribution < -0.4 is 10.1 Å². The Hall–Kier alpha value is -2.33. The largest absolute Gasteiger partial charge is 0.490 e. The number of hydrogen-bond donors (Lipinski definition) is 1. The Morgan fingerprint density at radius 2 is 1.85 bits per heavy atom. The van der Waals surface area contributed by atoms with E-state index < -0.39 is 0 Å². The van der Waals surface area contributed by atoms with Gasteiger partial charge in [-0.25, -0.2) is 9.97 Å². The predicted molar refractivity (Wildman–Crippen MR) is 106 cm³/mol. The van der Waals surface area contributed by atoms with E-state index in [1.54, 1.807) is 6.33 Å². The normalized spacial score (nSPS) is 14.7. The van der Waals surface area contributed by atoms with Crippen molar-refractivity contribution in [3.05, 3.63) is 59.4 Å². The maximum absolute atomic E-state index is 6.10. The number of nitrogens with zero attached hydrogens (tertiary/aromatic N) is 2. The van der Waals surface area contributed by atoms with Crippen LogP contribution in [0.15, 0.2) is 48.8 Å². The van der Waals surface area contributed by atoms with Gasteiger partial charge in [-0.15, -0.1) is 0 Å². The number of ether oxygens (including phenoxy) is 1. The molecule has 0 saturated heterocycles. The van der Waals surface area contributed by atoms with Crippen LogP contribution in [0, 0.1) is 0 Å². The molecule has 1 fully saturated rings. The first kappa shape index (κ1) is 17.1. The van der Waals surface area contributed by atoms with Crippen molar-refractivity contribution in [2.24, 2.45) is 0 Å². The van der Waals surface area contributed by atoms with Crippen molar-refractivity contribution in [1.82, 2.24) is 9.97 Å². The maximum Gasteiger partial charge on any atom is 0.137 e. The van der Waals surface area contributed by atoms with E-state index in [0.29, 0.717) is 11.1 Å². The minimum absolute atomic E-state index is 0.403. The zero-order chi connectivity index (χ0) is 17.8. The van der Waals surface area contributed by atoms with Gasteiger partial charge >= 0.3 is 0 Å². The maximum atomic E-state index is 6.10. The summed E-state index contributed by atoms with van der Waals surface area (Å²) >= 11 is 6.10. The highest BCUT2D eigenvalue weighted by molar-refractivity contribution is 6.31. The van der Waals surface area contributed by atoms with E-state index in [4.69, 9.17) is 16.3 Å². The second-order valence-electron chi connectivity index (χ2n) is 6.73. The average molecular weight is 368 g/mol. The molecule has 1 heterocycles. The molecule has 0 bridgehead atoms. The Morgan fingerprint density at radius 3 is 2.65 bits per heavy atom. The number of hydrogen-bond acceptors (Lipinski definition) is 4. The van der Waals surface area contributed by atoms with Gasteiger partial charge in [-0.05, 0) is 68.0 Å². The average Bonchev–Trinajstić information content (AvgIpc) is 3.16. The molecular formula is C21H22ClN3O. The summed E-state index contributed by atoms with van der Waals surface area (Å²) in [4.78, 5) is 8.63. The van der Waals surface area contributed by atoms with Crippen molar-refractivity contribution >= 4 is 28.3 Å². The van der Waals surface area contributed by atoms with Gasteiger partial charge in [0.2, 0.25) is 0 Å². The number of halogens is 1. The SMILES string of the molecule is Clc1ccc2ncnc(NCCc3ccc(OC4CCCC4)cc3)c2c1. The van der Waals surface area contributed by atoms with Crippen molar-refractivity contribution in [2.75, 3.05) is 11.9 Å². The molecule has 1 N–H and O–H groups in total. The molecule has 26 heavy (non-hydrogen) atoms. The smallest absolute Gasteiger partial charge is 0.137 e. The second-order valence-corrected chi connectivity index (χ2v) is 7.17. The minimum atomic E-state index is 0.403. The molecule has 0 unspecified atom stereocenters. The molecular weight excluding hydrogens is 346 g/mol. The number of fused-ring (bicyclic) bond motifs is 1. The molecule has 2 aromatic carbocycles. The zero-order valence-corrected chi connectivity index (χ0v) is 15.4. The van der Waals surface area contributed by atoms with E-state index in [1.165, 1.54) is 31.2 Å². The Kier molecular flexibility index (Phi) is 5.21. The first-order chi connectivity index (χ1) is 12.8. The summed E-state index contributed by atoms with van der Waals surface area (Å²) in [6.45, 7) is 0.793. The van der Waals surface area contributed by atoms with Crippen molar-refractivity contribution in [3.8, 4) is 5.75 Å². The van der Waals surface area contributed by atoms with E-state index in [1.807, 2.05) is 18.2 Å². The first-order valence-electron chi connectivity index (χ1n) is 9.18. The summed E-state index contributed by atoms with van der Waals surface area (Å²) in [6.07, 6.45) is 7.84. The van der Waals surface area contributed by atoms with Crippen LogP contribution in [0.5, 0.6) is 5.75 Å². The summed E-state index contributed by atoms with van der Waals surface area (Å²) in [6, 6.07) is 14.1. The van der Waals surface area contributed by atoms with Crippen LogP contribution in [0.4, 0.5) is 5.82 Å². The van der Waals surface area contributed by atoms with Crippen molar-refractivity contribution < 1.29 is 4.74 Å². The molecule has 4 rings (SSSR count). The molecule has 0 atom stereocenters. The Bertz CT molecular complexity index is 876. The Balaban J connectivity index is 1.35. The Labute approximate surface area is 158 Å². The zero-order valence-electron chi connectivity index (χ0n) is 14.6. The van der Waals surface area contributed by atoms with Crippen LogP contribution in [-0.2, 0) is 6.42 Å². The third-order valence-corrected chi connectivity index (χ3v) is 5.07. The summed E-state index contributed by atoms with van der Waals surface area (Å²) in [5.41, 5.74) is 2.16. The van der Waals surface area contributed by atoms with Gasteiger partial charge in [-0.2, -0.15) is 0 Å². The standard InChI is InChI=1S/C21H22ClN3O/c22-16-7-10-20-19(13-16)21(25-14-24-20)23-12-11-15-5-8-18(9-6-15)26-17-3-1-2-4-17/h5-10,13-14,17H,1-4,11-12H2,(H,23,24,25). The van der Waals surface area contributed by atoms with E-state index in [0.717, 1.165) is 35.4 Å². The van der Waals surface area contributed by atoms with Crippen LogP contribution in [0.25, 0.3) is 10.9 Å². The number of benzene rings is 2. The molecule has 1 aromatic heterocycles. The molecule has 1 aliphatic carbocycles. The van der Waals surface area contributed by atoms with Gasteiger partial charge in [0.1, 0.15) is 17.9 Å². The van der Waals surface area contributed by atoms with Gasteiger partial charge in [0, 0.05) is 17.0 Å². The van der Waals surface area contributed by atoms with Gasteiger partial charge in [0.05, 0.1) is 11.6 Å². The van der Waals surface area contributed by atoms with E-state index in [2.05, 4.69) is 39.6 Å². The molecule has 0 aliphatic heterocycles. The number of rotatable bonds is 6. The van der Waals surface area contributed by atoms with E-state index in [-0.39, 0.29) is 0 Å². The lowest BCUT2D eigenvalue weighted by Crippen LogP contribution is -2.11. The highest BCUT2D eigenvalue weighted by Crippen LogP contribution is 2.25. The summed E-state index contributed by atoms with van der Waals surface area (Å²) in [5, 5.41) is 5.03. The van der Waals surface area contributed by atoms with Crippen molar-refractivity contribution in [2.45, 2.75) is 38.2 Å². The van der Waals surface area contributed by atoms with Gasteiger partial charge in [0.25, 0.3) is 0 Å². The quantitative estimate of drug-likeness (QED) is 0.645. The van der Waals surface area contributed by atoms with Crippen LogP contribution in [-0.4, -0.2) is 22.6 Å². The number of anilines is 1. The molecule has 4 nitrogen and oxygen atoms in total. The Morgan fingerprint density at radius 1 is 1.04 bits per heavy atom. The minimum Gasteiger partial charge on any atom is -0.490 e. The summed E-state index contributed by atoms with van der Waals surface area (Å²) in [5.74, 6) is 1.80. The van der Waals surface area contributed by atoms with Gasteiger partial charge in [-0.1, -0.05) is 23.7 Å². The topological polar surface area (TPSA) is 47.0 Å². The lowest BCUT2D eigenvalue weighted by Gasteiger charge is -2.13. The highest BCUT2D eigenvalue weighted by Gasteiger charge is 2.16. The first-order valence-corrected chi connectivity index (χ1v) is 9.55. The molecule has 1 saturated carbocycles. The van der Waals surface area contributed by atoms with Gasteiger partial charge in [-0.3, -0.25) is 0 Å². The molecule has 3 aromatic rings. The fraction of sp³-hybridized carbons (Fsp3) is 0.333. The fourth-order valence-electron chi connectivity index (χ4n) is 3.43.